The Morgan fingerprint density at radius 1 is 0.783 bits per heavy atom. The van der Waals surface area contributed by atoms with Gasteiger partial charge in [-0.1, -0.05) is 84.4 Å². The molecule has 0 aliphatic rings. The SMILES string of the molecule is O=C(C=Cc1ccccc1-c1ccc(Cl)cc1)c1ccccc1. The molecule has 0 heterocycles. The Morgan fingerprint density at radius 3 is 2.17 bits per heavy atom. The number of carbonyl (C=O) groups excluding carboxylic acids is 1. The molecule has 1 nitrogen and oxygen atoms in total. The first-order valence-electron chi connectivity index (χ1n) is 7.36. The zero-order valence-electron chi connectivity index (χ0n) is 12.4. The second kappa shape index (κ2) is 7.08. The van der Waals surface area contributed by atoms with Gasteiger partial charge in [0.1, 0.15) is 0 Å². The average molecular weight is 319 g/mol. The summed E-state index contributed by atoms with van der Waals surface area (Å²) in [5, 5.41) is 0.709. The Morgan fingerprint density at radius 2 is 1.43 bits per heavy atom. The average Bonchev–Trinajstić information content (AvgIpc) is 2.61. The van der Waals surface area contributed by atoms with Crippen molar-refractivity contribution in [3.05, 3.63) is 101 Å². The lowest BCUT2D eigenvalue weighted by Crippen LogP contribution is -1.93. The van der Waals surface area contributed by atoms with Crippen LogP contribution in [0, 0.1) is 0 Å². The van der Waals surface area contributed by atoms with Crippen LogP contribution in [0.25, 0.3) is 17.2 Å². The van der Waals surface area contributed by atoms with Crippen LogP contribution in [0.2, 0.25) is 5.02 Å². The predicted octanol–water partition coefficient (Wildman–Crippen LogP) is 5.90. The molecule has 2 heteroatoms. The molecule has 0 fully saturated rings. The third-order valence-electron chi connectivity index (χ3n) is 3.59. The molecular formula is C21H15ClO. The van der Waals surface area contributed by atoms with Crippen LogP contribution in [-0.4, -0.2) is 5.78 Å². The van der Waals surface area contributed by atoms with E-state index in [9.17, 15) is 4.79 Å². The van der Waals surface area contributed by atoms with Crippen molar-refractivity contribution in [1.29, 1.82) is 0 Å². The van der Waals surface area contributed by atoms with E-state index in [2.05, 4.69) is 0 Å². The molecule has 23 heavy (non-hydrogen) atoms. The highest BCUT2D eigenvalue weighted by molar-refractivity contribution is 6.30. The Balaban J connectivity index is 1.90. The van der Waals surface area contributed by atoms with Gasteiger partial charge in [-0.25, -0.2) is 0 Å². The third kappa shape index (κ3) is 3.77. The van der Waals surface area contributed by atoms with E-state index >= 15 is 0 Å². The summed E-state index contributed by atoms with van der Waals surface area (Å²) < 4.78 is 0. The molecule has 3 aromatic carbocycles. The lowest BCUT2D eigenvalue weighted by molar-refractivity contribution is 0.104. The van der Waals surface area contributed by atoms with Crippen molar-refractivity contribution >= 4 is 23.5 Å². The van der Waals surface area contributed by atoms with Crippen molar-refractivity contribution in [2.24, 2.45) is 0 Å². The summed E-state index contributed by atoms with van der Waals surface area (Å²) in [6.07, 6.45) is 3.48. The fourth-order valence-electron chi connectivity index (χ4n) is 2.40. The van der Waals surface area contributed by atoms with E-state index in [0.717, 1.165) is 16.7 Å². The van der Waals surface area contributed by atoms with Crippen molar-refractivity contribution in [3.8, 4) is 11.1 Å². The summed E-state index contributed by atoms with van der Waals surface area (Å²) in [6.45, 7) is 0. The number of allylic oxidation sites excluding steroid dienone is 1. The largest absolute Gasteiger partial charge is 0.289 e. The highest BCUT2D eigenvalue weighted by Gasteiger charge is 2.04. The Hall–Kier alpha value is -2.64. The zero-order valence-corrected chi connectivity index (χ0v) is 13.2. The summed E-state index contributed by atoms with van der Waals surface area (Å²) >= 11 is 5.95. The number of rotatable bonds is 4. The minimum Gasteiger partial charge on any atom is -0.289 e. The molecule has 0 spiro atoms. The molecule has 0 amide bonds. The van der Waals surface area contributed by atoms with E-state index in [0.29, 0.717) is 10.6 Å². The summed E-state index contributed by atoms with van der Waals surface area (Å²) in [5.41, 5.74) is 3.83. The third-order valence-corrected chi connectivity index (χ3v) is 3.84. The molecule has 0 saturated carbocycles. The van der Waals surface area contributed by atoms with Crippen molar-refractivity contribution in [3.63, 3.8) is 0 Å². The van der Waals surface area contributed by atoms with Gasteiger partial charge in [0.05, 0.1) is 0 Å². The monoisotopic (exact) mass is 318 g/mol. The fraction of sp³-hybridized carbons (Fsp3) is 0. The molecule has 0 bridgehead atoms. The second-order valence-corrected chi connectivity index (χ2v) is 5.59. The van der Waals surface area contributed by atoms with Crippen LogP contribution in [0.3, 0.4) is 0 Å². The summed E-state index contributed by atoms with van der Waals surface area (Å²) in [4.78, 5) is 12.2. The Kier molecular flexibility index (Phi) is 4.70. The molecular weight excluding hydrogens is 304 g/mol. The highest BCUT2D eigenvalue weighted by Crippen LogP contribution is 2.26. The first-order valence-corrected chi connectivity index (χ1v) is 7.74. The van der Waals surface area contributed by atoms with Crippen LogP contribution >= 0.6 is 11.6 Å². The standard InChI is InChI=1S/C21H15ClO/c22-19-13-10-17(11-14-19)20-9-5-4-6-16(20)12-15-21(23)18-7-2-1-3-8-18/h1-15H. The first-order chi connectivity index (χ1) is 11.2. The molecule has 3 aromatic rings. The lowest BCUT2D eigenvalue weighted by atomic mass is 9.99. The molecule has 0 aliphatic carbocycles. The minimum atomic E-state index is -0.00323. The van der Waals surface area contributed by atoms with E-state index in [1.54, 1.807) is 6.08 Å². The van der Waals surface area contributed by atoms with Crippen LogP contribution in [0.5, 0.6) is 0 Å². The van der Waals surface area contributed by atoms with Crippen molar-refractivity contribution in [2.75, 3.05) is 0 Å². The summed E-state index contributed by atoms with van der Waals surface area (Å²) in [5.74, 6) is -0.00323. The molecule has 0 aliphatic heterocycles. The number of hydrogen-bond donors (Lipinski definition) is 0. The number of halogens is 1. The second-order valence-electron chi connectivity index (χ2n) is 5.16. The van der Waals surface area contributed by atoms with Gasteiger partial charge in [-0.15, -0.1) is 0 Å². The maximum Gasteiger partial charge on any atom is 0.185 e. The minimum absolute atomic E-state index is 0.00323. The van der Waals surface area contributed by atoms with E-state index in [4.69, 9.17) is 11.6 Å². The molecule has 0 saturated heterocycles. The lowest BCUT2D eigenvalue weighted by Gasteiger charge is -2.06. The van der Waals surface area contributed by atoms with Gasteiger partial charge in [-0.3, -0.25) is 4.79 Å². The topological polar surface area (TPSA) is 17.1 Å². The van der Waals surface area contributed by atoms with Gasteiger partial charge in [0.15, 0.2) is 5.78 Å². The Bertz CT molecular complexity index is 833. The Labute approximate surface area is 140 Å². The van der Waals surface area contributed by atoms with Crippen LogP contribution in [-0.2, 0) is 0 Å². The molecule has 112 valence electrons. The summed E-state index contributed by atoms with van der Waals surface area (Å²) in [7, 11) is 0. The molecule has 0 atom stereocenters. The maximum atomic E-state index is 12.2. The van der Waals surface area contributed by atoms with Gasteiger partial charge < -0.3 is 0 Å². The van der Waals surface area contributed by atoms with E-state index < -0.39 is 0 Å². The fourth-order valence-corrected chi connectivity index (χ4v) is 2.52. The van der Waals surface area contributed by atoms with Crippen LogP contribution < -0.4 is 0 Å². The van der Waals surface area contributed by atoms with Gasteiger partial charge in [-0.05, 0) is 34.9 Å². The van der Waals surface area contributed by atoms with Gasteiger partial charge in [-0.2, -0.15) is 0 Å². The van der Waals surface area contributed by atoms with Gasteiger partial charge in [0, 0.05) is 10.6 Å². The smallest absolute Gasteiger partial charge is 0.185 e. The molecule has 0 N–H and O–H groups in total. The normalized spacial score (nSPS) is 10.8. The van der Waals surface area contributed by atoms with Gasteiger partial charge in [0.2, 0.25) is 0 Å². The molecule has 0 unspecified atom stereocenters. The van der Waals surface area contributed by atoms with Crippen LogP contribution in [0.15, 0.2) is 84.9 Å². The molecule has 0 aromatic heterocycles. The van der Waals surface area contributed by atoms with E-state index in [-0.39, 0.29) is 5.78 Å². The molecule has 3 rings (SSSR count). The maximum absolute atomic E-state index is 12.2. The van der Waals surface area contributed by atoms with Crippen LogP contribution in [0.1, 0.15) is 15.9 Å². The molecule has 0 radical (unpaired) electrons. The van der Waals surface area contributed by atoms with Crippen molar-refractivity contribution < 1.29 is 4.79 Å². The zero-order chi connectivity index (χ0) is 16.1. The van der Waals surface area contributed by atoms with Gasteiger partial charge >= 0.3 is 0 Å². The van der Waals surface area contributed by atoms with Crippen molar-refractivity contribution in [1.82, 2.24) is 0 Å². The number of hydrogen-bond acceptors (Lipinski definition) is 1. The van der Waals surface area contributed by atoms with Crippen molar-refractivity contribution in [2.45, 2.75) is 0 Å². The predicted molar refractivity (Wildman–Crippen MR) is 96.7 cm³/mol. The highest BCUT2D eigenvalue weighted by atomic mass is 35.5. The number of carbonyl (C=O) groups is 1. The quantitative estimate of drug-likeness (QED) is 0.432. The summed E-state index contributed by atoms with van der Waals surface area (Å²) in [6, 6.07) is 24.9. The van der Waals surface area contributed by atoms with Crippen LogP contribution in [0.4, 0.5) is 0 Å². The first kappa shape index (κ1) is 15.3. The van der Waals surface area contributed by atoms with E-state index in [1.807, 2.05) is 84.9 Å². The van der Waals surface area contributed by atoms with Gasteiger partial charge in [0.25, 0.3) is 0 Å². The number of ketones is 1. The van der Waals surface area contributed by atoms with E-state index in [1.165, 1.54) is 0 Å². The number of benzene rings is 3.